The Kier molecular flexibility index (Phi) is 3.67. The number of aliphatic hydroxyl groups is 1. The van der Waals surface area contributed by atoms with E-state index < -0.39 is 10.0 Å². The Morgan fingerprint density at radius 3 is 3.00 bits per heavy atom. The van der Waals surface area contributed by atoms with E-state index >= 15 is 0 Å². The average molecular weight is 277 g/mol. The number of piperidine rings is 1. The lowest BCUT2D eigenvalue weighted by molar-refractivity contribution is 0.208. The molecule has 0 bridgehead atoms. The SMILES string of the molecule is NS(=O)(=O)c1cnc(N2CCCC(CO)C2)s1. The van der Waals surface area contributed by atoms with Gasteiger partial charge in [-0.2, -0.15) is 0 Å². The second-order valence-electron chi connectivity index (χ2n) is 4.14. The van der Waals surface area contributed by atoms with Gasteiger partial charge in [0.05, 0.1) is 6.20 Å². The topological polar surface area (TPSA) is 96.5 Å². The molecule has 1 unspecified atom stereocenters. The van der Waals surface area contributed by atoms with Gasteiger partial charge in [0.25, 0.3) is 0 Å². The summed E-state index contributed by atoms with van der Waals surface area (Å²) >= 11 is 1.08. The maximum atomic E-state index is 11.1. The lowest BCUT2D eigenvalue weighted by Crippen LogP contribution is -2.36. The van der Waals surface area contributed by atoms with Crippen molar-refractivity contribution in [3.8, 4) is 0 Å². The number of anilines is 1. The van der Waals surface area contributed by atoms with Crippen LogP contribution in [0.3, 0.4) is 0 Å². The Balaban J connectivity index is 2.15. The summed E-state index contributed by atoms with van der Waals surface area (Å²) in [6, 6.07) is 0. The van der Waals surface area contributed by atoms with Crippen LogP contribution in [0.15, 0.2) is 10.4 Å². The summed E-state index contributed by atoms with van der Waals surface area (Å²) in [4.78, 5) is 6.08. The van der Waals surface area contributed by atoms with Crippen molar-refractivity contribution in [3.05, 3.63) is 6.20 Å². The highest BCUT2D eigenvalue weighted by Crippen LogP contribution is 2.28. The Bertz CT molecular complexity index is 485. The predicted molar refractivity (Wildman–Crippen MR) is 65.5 cm³/mol. The number of primary sulfonamides is 1. The van der Waals surface area contributed by atoms with E-state index in [1.165, 1.54) is 6.20 Å². The van der Waals surface area contributed by atoms with Crippen LogP contribution in [0.5, 0.6) is 0 Å². The second-order valence-corrected chi connectivity index (χ2v) is 6.94. The third-order valence-electron chi connectivity index (χ3n) is 2.80. The smallest absolute Gasteiger partial charge is 0.249 e. The van der Waals surface area contributed by atoms with Crippen molar-refractivity contribution in [2.45, 2.75) is 17.1 Å². The van der Waals surface area contributed by atoms with E-state index in [1.54, 1.807) is 0 Å². The molecule has 1 aliphatic heterocycles. The minimum absolute atomic E-state index is 0.0821. The summed E-state index contributed by atoms with van der Waals surface area (Å²) in [6.07, 6.45) is 3.27. The zero-order valence-corrected chi connectivity index (χ0v) is 10.9. The molecule has 0 spiro atoms. The molecule has 1 aromatic rings. The van der Waals surface area contributed by atoms with E-state index in [0.29, 0.717) is 11.7 Å². The van der Waals surface area contributed by atoms with Gasteiger partial charge in [0.2, 0.25) is 10.0 Å². The van der Waals surface area contributed by atoms with Crippen molar-refractivity contribution in [3.63, 3.8) is 0 Å². The highest BCUT2D eigenvalue weighted by Gasteiger charge is 2.23. The maximum absolute atomic E-state index is 11.1. The van der Waals surface area contributed by atoms with E-state index in [2.05, 4.69) is 4.98 Å². The fourth-order valence-electron chi connectivity index (χ4n) is 1.92. The molecule has 1 saturated heterocycles. The number of aromatic nitrogens is 1. The molecule has 2 rings (SSSR count). The second kappa shape index (κ2) is 4.89. The van der Waals surface area contributed by atoms with E-state index in [1.807, 2.05) is 4.90 Å². The van der Waals surface area contributed by atoms with Crippen LogP contribution in [0.2, 0.25) is 0 Å². The molecule has 6 nitrogen and oxygen atoms in total. The number of hydrogen-bond donors (Lipinski definition) is 2. The lowest BCUT2D eigenvalue weighted by atomic mass is 10.00. The predicted octanol–water partition coefficient (Wildman–Crippen LogP) is -0.000800. The standard InChI is InChI=1S/C9H15N3O3S2/c10-17(14,15)8-4-11-9(16-8)12-3-1-2-7(5-12)6-13/h4,7,13H,1-3,5-6H2,(H2,10,14,15). The maximum Gasteiger partial charge on any atom is 0.249 e. The molecule has 2 heterocycles. The molecule has 96 valence electrons. The Morgan fingerprint density at radius 2 is 2.41 bits per heavy atom. The normalized spacial score (nSPS) is 21.8. The third kappa shape index (κ3) is 2.95. The third-order valence-corrected chi connectivity index (χ3v) is 5.27. The van der Waals surface area contributed by atoms with Crippen LogP contribution in [-0.4, -0.2) is 38.2 Å². The molecule has 0 amide bonds. The highest BCUT2D eigenvalue weighted by atomic mass is 32.2. The molecule has 3 N–H and O–H groups in total. The summed E-state index contributed by atoms with van der Waals surface area (Å²) < 4.78 is 22.4. The first-order chi connectivity index (χ1) is 8.00. The summed E-state index contributed by atoms with van der Waals surface area (Å²) in [5.41, 5.74) is 0. The number of sulfonamides is 1. The number of nitrogens with two attached hydrogens (primary N) is 1. The van der Waals surface area contributed by atoms with Crippen molar-refractivity contribution < 1.29 is 13.5 Å². The van der Waals surface area contributed by atoms with E-state index in [-0.39, 0.29) is 16.7 Å². The number of aliphatic hydroxyl groups excluding tert-OH is 1. The molecule has 1 aliphatic rings. The van der Waals surface area contributed by atoms with Crippen LogP contribution in [-0.2, 0) is 10.0 Å². The molecule has 1 aromatic heterocycles. The lowest BCUT2D eigenvalue weighted by Gasteiger charge is -2.31. The van der Waals surface area contributed by atoms with Gasteiger partial charge in [-0.05, 0) is 18.8 Å². The van der Waals surface area contributed by atoms with Crippen LogP contribution < -0.4 is 10.0 Å². The zero-order chi connectivity index (χ0) is 12.5. The monoisotopic (exact) mass is 277 g/mol. The van der Waals surface area contributed by atoms with Gasteiger partial charge in [-0.3, -0.25) is 0 Å². The molecule has 0 aromatic carbocycles. The average Bonchev–Trinajstić information content (AvgIpc) is 2.78. The minimum atomic E-state index is -3.66. The fourth-order valence-corrected chi connectivity index (χ4v) is 3.49. The van der Waals surface area contributed by atoms with Gasteiger partial charge in [-0.15, -0.1) is 0 Å². The van der Waals surface area contributed by atoms with Crippen molar-refractivity contribution in [2.24, 2.45) is 11.1 Å². The van der Waals surface area contributed by atoms with Crippen LogP contribution in [0.4, 0.5) is 5.13 Å². The van der Waals surface area contributed by atoms with Crippen molar-refractivity contribution >= 4 is 26.5 Å². The van der Waals surface area contributed by atoms with Crippen LogP contribution in [0.25, 0.3) is 0 Å². The summed E-state index contributed by atoms with van der Waals surface area (Å²) in [5, 5.41) is 14.8. The summed E-state index contributed by atoms with van der Waals surface area (Å²) in [6.45, 7) is 1.71. The molecule has 0 saturated carbocycles. The Labute approximate surface area is 104 Å². The first kappa shape index (κ1) is 12.7. The van der Waals surface area contributed by atoms with Gasteiger partial charge in [-0.1, -0.05) is 11.3 Å². The summed E-state index contributed by atoms with van der Waals surface area (Å²) in [5.74, 6) is 0.241. The van der Waals surface area contributed by atoms with Gasteiger partial charge in [0.1, 0.15) is 0 Å². The van der Waals surface area contributed by atoms with E-state index in [4.69, 9.17) is 10.2 Å². The number of thiazole rings is 1. The molecular weight excluding hydrogens is 262 g/mol. The molecule has 0 aliphatic carbocycles. The van der Waals surface area contributed by atoms with Crippen molar-refractivity contribution in [2.75, 3.05) is 24.6 Å². The molecule has 1 fully saturated rings. The molecule has 17 heavy (non-hydrogen) atoms. The van der Waals surface area contributed by atoms with E-state index in [9.17, 15) is 8.42 Å². The first-order valence-electron chi connectivity index (χ1n) is 5.35. The number of hydrogen-bond acceptors (Lipinski definition) is 6. The van der Waals surface area contributed by atoms with Crippen LogP contribution in [0, 0.1) is 5.92 Å². The van der Waals surface area contributed by atoms with E-state index in [0.717, 1.165) is 30.7 Å². The minimum Gasteiger partial charge on any atom is -0.396 e. The first-order valence-corrected chi connectivity index (χ1v) is 7.71. The van der Waals surface area contributed by atoms with Gasteiger partial charge < -0.3 is 10.0 Å². The molecule has 8 heteroatoms. The molecular formula is C9H15N3O3S2. The Hall–Kier alpha value is -0.700. The fraction of sp³-hybridized carbons (Fsp3) is 0.667. The van der Waals surface area contributed by atoms with Crippen LogP contribution >= 0.6 is 11.3 Å². The molecule has 1 atom stereocenters. The van der Waals surface area contributed by atoms with Gasteiger partial charge in [-0.25, -0.2) is 18.5 Å². The number of nitrogens with zero attached hydrogens (tertiary/aromatic N) is 2. The number of rotatable bonds is 3. The highest BCUT2D eigenvalue weighted by molar-refractivity contribution is 7.91. The molecule has 0 radical (unpaired) electrons. The van der Waals surface area contributed by atoms with Gasteiger partial charge in [0, 0.05) is 19.7 Å². The Morgan fingerprint density at radius 1 is 1.65 bits per heavy atom. The van der Waals surface area contributed by atoms with Crippen molar-refractivity contribution in [1.82, 2.24) is 4.98 Å². The van der Waals surface area contributed by atoms with Crippen LogP contribution in [0.1, 0.15) is 12.8 Å². The van der Waals surface area contributed by atoms with Crippen molar-refractivity contribution in [1.29, 1.82) is 0 Å². The summed E-state index contributed by atoms with van der Waals surface area (Å²) in [7, 11) is -3.66. The quantitative estimate of drug-likeness (QED) is 0.810. The zero-order valence-electron chi connectivity index (χ0n) is 9.24. The largest absolute Gasteiger partial charge is 0.396 e. The van der Waals surface area contributed by atoms with Gasteiger partial charge >= 0.3 is 0 Å². The van der Waals surface area contributed by atoms with Gasteiger partial charge in [0.15, 0.2) is 9.34 Å².